The fourth-order valence-corrected chi connectivity index (χ4v) is 4.67. The molecule has 8 heteroatoms. The second-order valence-corrected chi connectivity index (χ2v) is 7.96. The summed E-state index contributed by atoms with van der Waals surface area (Å²) in [6.07, 6.45) is 3.72. The minimum atomic E-state index is 0.254. The third kappa shape index (κ3) is 3.11. The van der Waals surface area contributed by atoms with Gasteiger partial charge in [0, 0.05) is 13.1 Å². The van der Waals surface area contributed by atoms with Gasteiger partial charge >= 0.3 is 0 Å². The highest BCUT2D eigenvalue weighted by Crippen LogP contribution is 2.34. The third-order valence-electron chi connectivity index (χ3n) is 5.87. The summed E-state index contributed by atoms with van der Waals surface area (Å²) in [4.78, 5) is 19.0. The number of fused-ring (bicyclic) bond motifs is 2. The maximum Gasteiger partial charge on any atom is 0.229 e. The zero-order chi connectivity index (χ0) is 18.4. The molecule has 144 valence electrons. The number of pyridine rings is 1. The van der Waals surface area contributed by atoms with Crippen LogP contribution in [0.25, 0.3) is 11.0 Å². The Kier molecular flexibility index (Phi) is 4.53. The van der Waals surface area contributed by atoms with Gasteiger partial charge in [-0.05, 0) is 38.3 Å². The van der Waals surface area contributed by atoms with Gasteiger partial charge in [-0.1, -0.05) is 11.6 Å². The van der Waals surface area contributed by atoms with Crippen LogP contribution < -0.4 is 9.80 Å². The van der Waals surface area contributed by atoms with Crippen LogP contribution in [-0.4, -0.2) is 66.0 Å². The van der Waals surface area contributed by atoms with E-state index in [1.807, 2.05) is 12.1 Å². The maximum absolute atomic E-state index is 6.17. The molecule has 0 N–H and O–H groups in total. The van der Waals surface area contributed by atoms with Crippen LogP contribution in [0.5, 0.6) is 0 Å². The Bertz CT molecular complexity index is 850. The van der Waals surface area contributed by atoms with Gasteiger partial charge in [0.05, 0.1) is 43.4 Å². The summed E-state index contributed by atoms with van der Waals surface area (Å²) in [5.74, 6) is 1.67. The van der Waals surface area contributed by atoms with E-state index in [1.165, 1.54) is 6.42 Å². The zero-order valence-corrected chi connectivity index (χ0v) is 16.2. The number of rotatable bonds is 2. The van der Waals surface area contributed by atoms with Crippen LogP contribution in [0.1, 0.15) is 26.2 Å². The molecule has 2 saturated heterocycles. The van der Waals surface area contributed by atoms with Gasteiger partial charge in [-0.2, -0.15) is 9.97 Å². The molecule has 0 amide bonds. The van der Waals surface area contributed by atoms with Gasteiger partial charge in [-0.25, -0.2) is 4.98 Å². The van der Waals surface area contributed by atoms with Gasteiger partial charge in [0.15, 0.2) is 5.65 Å². The van der Waals surface area contributed by atoms with Crippen LogP contribution >= 0.6 is 11.6 Å². The Labute approximate surface area is 163 Å². The lowest BCUT2D eigenvalue weighted by atomic mass is 10.1. The molecular formula is C19H24ClN5O2. The molecule has 2 aliphatic heterocycles. The van der Waals surface area contributed by atoms with Gasteiger partial charge in [-0.15, -0.1) is 0 Å². The lowest BCUT2D eigenvalue weighted by Gasteiger charge is -2.39. The van der Waals surface area contributed by atoms with Crippen molar-refractivity contribution in [1.82, 2.24) is 15.0 Å². The number of aromatic nitrogens is 3. The Morgan fingerprint density at radius 2 is 1.96 bits per heavy atom. The highest BCUT2D eigenvalue weighted by Gasteiger charge is 2.38. The van der Waals surface area contributed by atoms with Crippen molar-refractivity contribution in [2.45, 2.75) is 44.4 Å². The van der Waals surface area contributed by atoms with Crippen LogP contribution in [-0.2, 0) is 9.47 Å². The van der Waals surface area contributed by atoms with Crippen molar-refractivity contribution in [3.8, 4) is 0 Å². The highest BCUT2D eigenvalue weighted by molar-refractivity contribution is 6.29. The first-order chi connectivity index (χ1) is 13.2. The summed E-state index contributed by atoms with van der Waals surface area (Å²) in [5, 5.41) is 1.39. The molecule has 1 saturated carbocycles. The molecule has 0 aromatic carbocycles. The van der Waals surface area contributed by atoms with Crippen molar-refractivity contribution in [3.63, 3.8) is 0 Å². The largest absolute Gasteiger partial charge is 0.377 e. The molecule has 2 aromatic heterocycles. The smallest absolute Gasteiger partial charge is 0.229 e. The summed E-state index contributed by atoms with van der Waals surface area (Å²) in [6, 6.07) is 4.39. The summed E-state index contributed by atoms with van der Waals surface area (Å²) in [5.41, 5.74) is 0.655. The molecule has 3 aliphatic rings. The van der Waals surface area contributed by atoms with Crippen LogP contribution in [0.3, 0.4) is 0 Å². The lowest BCUT2D eigenvalue weighted by Crippen LogP contribution is -2.49. The monoisotopic (exact) mass is 389 g/mol. The normalized spacial score (nSPS) is 28.6. The first-order valence-electron chi connectivity index (χ1n) is 9.77. The second kappa shape index (κ2) is 7.04. The van der Waals surface area contributed by atoms with Crippen molar-refractivity contribution in [2.75, 3.05) is 42.7 Å². The number of anilines is 2. The fraction of sp³-hybridized carbons (Fsp3) is 0.632. The molecule has 27 heavy (non-hydrogen) atoms. The van der Waals surface area contributed by atoms with E-state index >= 15 is 0 Å². The molecule has 7 nitrogen and oxygen atoms in total. The van der Waals surface area contributed by atoms with E-state index in [4.69, 9.17) is 31.0 Å². The van der Waals surface area contributed by atoms with E-state index < -0.39 is 0 Å². The minimum absolute atomic E-state index is 0.254. The Morgan fingerprint density at radius 3 is 2.85 bits per heavy atom. The quantitative estimate of drug-likeness (QED) is 0.731. The number of hydrogen-bond acceptors (Lipinski definition) is 7. The predicted molar refractivity (Wildman–Crippen MR) is 105 cm³/mol. The molecule has 2 aromatic rings. The standard InChI is InChI=1S/C19H24ClN5O2/c1-12-11-26-9-7-24(12)18-13-5-6-16(20)21-17(13)22-19(23-18)25-8-10-27-15-4-2-3-14(15)25/h5-6,12,14-15H,2-4,7-11H2,1H3/t12-,14-,15+/m0/s1. The second-order valence-electron chi connectivity index (χ2n) is 7.57. The number of hydrogen-bond donors (Lipinski definition) is 0. The number of nitrogens with zero attached hydrogens (tertiary/aromatic N) is 5. The molecule has 5 rings (SSSR count). The molecule has 3 atom stereocenters. The van der Waals surface area contributed by atoms with Crippen LogP contribution in [0.2, 0.25) is 5.15 Å². The average molecular weight is 390 g/mol. The van der Waals surface area contributed by atoms with E-state index in [2.05, 4.69) is 21.7 Å². The van der Waals surface area contributed by atoms with Gasteiger partial charge < -0.3 is 19.3 Å². The molecule has 4 heterocycles. The van der Waals surface area contributed by atoms with E-state index in [0.29, 0.717) is 30.1 Å². The first kappa shape index (κ1) is 17.4. The zero-order valence-electron chi connectivity index (χ0n) is 15.5. The molecule has 0 spiro atoms. The molecule has 1 aliphatic carbocycles. The van der Waals surface area contributed by atoms with Crippen LogP contribution in [0, 0.1) is 0 Å². The Hall–Kier alpha value is -1.70. The van der Waals surface area contributed by atoms with Gasteiger partial charge in [-0.3, -0.25) is 0 Å². The van der Waals surface area contributed by atoms with Crippen molar-refractivity contribution >= 4 is 34.4 Å². The summed E-state index contributed by atoms with van der Waals surface area (Å²) in [6.45, 7) is 5.90. The first-order valence-corrected chi connectivity index (χ1v) is 10.2. The topological polar surface area (TPSA) is 63.6 Å². The van der Waals surface area contributed by atoms with Gasteiger partial charge in [0.1, 0.15) is 11.0 Å². The SMILES string of the molecule is C[C@H]1COCCN1c1nc(N2CCO[C@@H]3CCC[C@@H]32)nc2nc(Cl)ccc12. The van der Waals surface area contributed by atoms with Crippen LogP contribution in [0.15, 0.2) is 12.1 Å². The van der Waals surface area contributed by atoms with Crippen molar-refractivity contribution < 1.29 is 9.47 Å². The lowest BCUT2D eigenvalue weighted by molar-refractivity contribution is 0.0250. The van der Waals surface area contributed by atoms with Crippen molar-refractivity contribution in [3.05, 3.63) is 17.3 Å². The van der Waals surface area contributed by atoms with Gasteiger partial charge in [0.2, 0.25) is 5.95 Å². The fourth-order valence-electron chi connectivity index (χ4n) is 4.52. The molecular weight excluding hydrogens is 366 g/mol. The number of morpholine rings is 2. The highest BCUT2D eigenvalue weighted by atomic mass is 35.5. The van der Waals surface area contributed by atoms with Crippen LogP contribution in [0.4, 0.5) is 11.8 Å². The van der Waals surface area contributed by atoms with Crippen molar-refractivity contribution in [1.29, 1.82) is 0 Å². The number of ether oxygens (including phenoxy) is 2. The summed E-state index contributed by atoms with van der Waals surface area (Å²) >= 11 is 6.17. The summed E-state index contributed by atoms with van der Waals surface area (Å²) < 4.78 is 11.6. The molecule has 3 fully saturated rings. The predicted octanol–water partition coefficient (Wildman–Crippen LogP) is 2.66. The van der Waals surface area contributed by atoms with E-state index in [1.54, 1.807) is 0 Å². The Morgan fingerprint density at radius 1 is 1.07 bits per heavy atom. The van der Waals surface area contributed by atoms with Crippen molar-refractivity contribution in [2.24, 2.45) is 0 Å². The minimum Gasteiger partial charge on any atom is -0.377 e. The number of halogens is 1. The average Bonchev–Trinajstić information content (AvgIpc) is 3.16. The molecule has 0 unspecified atom stereocenters. The van der Waals surface area contributed by atoms with E-state index in [9.17, 15) is 0 Å². The van der Waals surface area contributed by atoms with Gasteiger partial charge in [0.25, 0.3) is 0 Å². The summed E-state index contributed by atoms with van der Waals surface area (Å²) in [7, 11) is 0. The molecule has 0 bridgehead atoms. The van der Waals surface area contributed by atoms with E-state index in [0.717, 1.165) is 49.7 Å². The maximum atomic E-state index is 6.17. The van der Waals surface area contributed by atoms with E-state index in [-0.39, 0.29) is 12.1 Å². The molecule has 0 radical (unpaired) electrons. The third-order valence-corrected chi connectivity index (χ3v) is 6.08. The Balaban J connectivity index is 1.62.